The van der Waals surface area contributed by atoms with Crippen molar-refractivity contribution in [3.8, 4) is 0 Å². The molecule has 0 saturated carbocycles. The van der Waals surface area contributed by atoms with Crippen LogP contribution in [0.25, 0.3) is 0 Å². The molecular formula is C13H20N2OS. The molecule has 1 saturated heterocycles. The highest BCUT2D eigenvalue weighted by Gasteiger charge is 2.40. The minimum absolute atomic E-state index is 0.00843. The normalized spacial score (nSPS) is 27.1. The summed E-state index contributed by atoms with van der Waals surface area (Å²) in [5.74, 6) is 0.554. The Labute approximate surface area is 107 Å². The summed E-state index contributed by atoms with van der Waals surface area (Å²) >= 11 is 1.91. The maximum atomic E-state index is 5.54. The summed E-state index contributed by atoms with van der Waals surface area (Å²) in [6, 6.07) is 0. The second kappa shape index (κ2) is 4.34. The predicted molar refractivity (Wildman–Crippen MR) is 69.5 cm³/mol. The maximum absolute atomic E-state index is 5.54. The molecule has 0 radical (unpaired) electrons. The highest BCUT2D eigenvalue weighted by atomic mass is 32.1. The lowest BCUT2D eigenvalue weighted by Gasteiger charge is -2.32. The molecule has 1 aromatic rings. The van der Waals surface area contributed by atoms with Crippen molar-refractivity contribution in [2.45, 2.75) is 38.1 Å². The molecule has 3 rings (SSSR count). The number of ether oxygens (including phenoxy) is 1. The highest BCUT2D eigenvalue weighted by molar-refractivity contribution is 7.12. The van der Waals surface area contributed by atoms with Gasteiger partial charge in [-0.3, -0.25) is 0 Å². The standard InChI is InChI=1S/C13H20N2OS/c1-13(14-2,9-6-7-16-8-9)12-15-10-4-3-5-11(10)17-12/h9,14H,3-8H2,1-2H3. The number of hydrogen-bond acceptors (Lipinski definition) is 4. The van der Waals surface area contributed by atoms with Gasteiger partial charge in [-0.1, -0.05) is 0 Å². The molecule has 1 aliphatic heterocycles. The summed E-state index contributed by atoms with van der Waals surface area (Å²) in [6.45, 7) is 4.04. The average Bonchev–Trinajstić information content (AvgIpc) is 3.02. The number of rotatable bonds is 3. The highest BCUT2D eigenvalue weighted by Crippen LogP contribution is 2.39. The van der Waals surface area contributed by atoms with Crippen molar-refractivity contribution in [2.24, 2.45) is 5.92 Å². The van der Waals surface area contributed by atoms with Crippen molar-refractivity contribution < 1.29 is 4.74 Å². The summed E-state index contributed by atoms with van der Waals surface area (Å²) in [6.07, 6.45) is 4.83. The van der Waals surface area contributed by atoms with Crippen molar-refractivity contribution in [3.63, 3.8) is 0 Å². The van der Waals surface area contributed by atoms with Crippen LogP contribution in [0.2, 0.25) is 0 Å². The Hall–Kier alpha value is -0.450. The van der Waals surface area contributed by atoms with Gasteiger partial charge in [0, 0.05) is 17.4 Å². The lowest BCUT2D eigenvalue weighted by atomic mass is 9.85. The number of nitrogens with zero attached hydrogens (tertiary/aromatic N) is 1. The number of hydrogen-bond donors (Lipinski definition) is 1. The van der Waals surface area contributed by atoms with Crippen LogP contribution in [0.3, 0.4) is 0 Å². The monoisotopic (exact) mass is 252 g/mol. The first-order valence-electron chi connectivity index (χ1n) is 6.50. The van der Waals surface area contributed by atoms with Crippen LogP contribution in [0.15, 0.2) is 0 Å². The van der Waals surface area contributed by atoms with Gasteiger partial charge in [0.1, 0.15) is 5.01 Å². The number of aryl methyl sites for hydroxylation is 2. The van der Waals surface area contributed by atoms with Crippen LogP contribution < -0.4 is 5.32 Å². The molecule has 4 heteroatoms. The third-order valence-corrected chi connectivity index (χ3v) is 5.70. The van der Waals surface area contributed by atoms with E-state index in [0.29, 0.717) is 5.92 Å². The SMILES string of the molecule is CNC(C)(c1nc2c(s1)CCC2)C1CCOC1. The Balaban J connectivity index is 1.92. The summed E-state index contributed by atoms with van der Waals surface area (Å²) < 4.78 is 5.54. The van der Waals surface area contributed by atoms with Crippen LogP contribution in [0, 0.1) is 5.92 Å². The van der Waals surface area contributed by atoms with Gasteiger partial charge in [-0.15, -0.1) is 11.3 Å². The van der Waals surface area contributed by atoms with E-state index in [1.54, 1.807) is 0 Å². The topological polar surface area (TPSA) is 34.2 Å². The first-order valence-corrected chi connectivity index (χ1v) is 7.31. The van der Waals surface area contributed by atoms with Crippen LogP contribution in [0.1, 0.15) is 35.3 Å². The van der Waals surface area contributed by atoms with Crippen LogP contribution in [-0.2, 0) is 23.1 Å². The van der Waals surface area contributed by atoms with Crippen molar-refractivity contribution in [3.05, 3.63) is 15.6 Å². The van der Waals surface area contributed by atoms with E-state index in [1.165, 1.54) is 34.8 Å². The Morgan fingerprint density at radius 3 is 3.00 bits per heavy atom. The quantitative estimate of drug-likeness (QED) is 0.894. The molecule has 94 valence electrons. The van der Waals surface area contributed by atoms with E-state index in [4.69, 9.17) is 9.72 Å². The molecule has 1 aliphatic carbocycles. The van der Waals surface area contributed by atoms with Gasteiger partial charge in [-0.05, 0) is 39.7 Å². The van der Waals surface area contributed by atoms with Crippen LogP contribution in [0.4, 0.5) is 0 Å². The van der Waals surface area contributed by atoms with E-state index in [1.807, 2.05) is 18.4 Å². The van der Waals surface area contributed by atoms with Gasteiger partial charge in [0.05, 0.1) is 17.8 Å². The van der Waals surface area contributed by atoms with Crippen molar-refractivity contribution in [1.82, 2.24) is 10.3 Å². The van der Waals surface area contributed by atoms with Gasteiger partial charge >= 0.3 is 0 Å². The van der Waals surface area contributed by atoms with Crippen molar-refractivity contribution in [1.29, 1.82) is 0 Å². The molecule has 1 N–H and O–H groups in total. The molecule has 1 aromatic heterocycles. The van der Waals surface area contributed by atoms with Crippen molar-refractivity contribution >= 4 is 11.3 Å². The number of fused-ring (bicyclic) bond motifs is 1. The lowest BCUT2D eigenvalue weighted by molar-refractivity contribution is 0.156. The minimum atomic E-state index is -0.00843. The zero-order valence-corrected chi connectivity index (χ0v) is 11.4. The summed E-state index contributed by atoms with van der Waals surface area (Å²) in [4.78, 5) is 6.39. The lowest BCUT2D eigenvalue weighted by Crippen LogP contribution is -2.44. The van der Waals surface area contributed by atoms with Crippen LogP contribution >= 0.6 is 11.3 Å². The number of nitrogens with one attached hydrogen (secondary N) is 1. The molecule has 0 bridgehead atoms. The largest absolute Gasteiger partial charge is 0.381 e. The Morgan fingerprint density at radius 2 is 2.35 bits per heavy atom. The van der Waals surface area contributed by atoms with Crippen LogP contribution in [-0.4, -0.2) is 25.2 Å². The number of aromatic nitrogens is 1. The molecule has 2 atom stereocenters. The van der Waals surface area contributed by atoms with Gasteiger partial charge in [-0.25, -0.2) is 4.98 Å². The minimum Gasteiger partial charge on any atom is -0.381 e. The van der Waals surface area contributed by atoms with Gasteiger partial charge in [0.2, 0.25) is 0 Å². The molecule has 17 heavy (non-hydrogen) atoms. The second-order valence-corrected chi connectivity index (χ2v) is 6.34. The maximum Gasteiger partial charge on any atom is 0.113 e. The molecule has 2 aliphatic rings. The molecule has 2 heterocycles. The van der Waals surface area contributed by atoms with Gasteiger partial charge < -0.3 is 10.1 Å². The third kappa shape index (κ3) is 1.83. The van der Waals surface area contributed by atoms with E-state index in [2.05, 4.69) is 12.2 Å². The summed E-state index contributed by atoms with van der Waals surface area (Å²) in [5.41, 5.74) is 1.34. The Morgan fingerprint density at radius 1 is 1.47 bits per heavy atom. The predicted octanol–water partition coefficient (Wildman–Crippen LogP) is 2.10. The van der Waals surface area contributed by atoms with E-state index >= 15 is 0 Å². The summed E-state index contributed by atoms with van der Waals surface area (Å²) in [5, 5.41) is 4.76. The van der Waals surface area contributed by atoms with Gasteiger partial charge in [0.15, 0.2) is 0 Å². The molecule has 3 nitrogen and oxygen atoms in total. The van der Waals surface area contributed by atoms with E-state index in [-0.39, 0.29) is 5.54 Å². The van der Waals surface area contributed by atoms with Gasteiger partial charge in [0.25, 0.3) is 0 Å². The average molecular weight is 252 g/mol. The van der Waals surface area contributed by atoms with Crippen molar-refractivity contribution in [2.75, 3.05) is 20.3 Å². The van der Waals surface area contributed by atoms with E-state index < -0.39 is 0 Å². The first kappa shape index (κ1) is 11.6. The fraction of sp³-hybridized carbons (Fsp3) is 0.769. The first-order chi connectivity index (χ1) is 8.24. The smallest absolute Gasteiger partial charge is 0.113 e. The number of thiazole rings is 1. The molecule has 2 unspecified atom stereocenters. The zero-order valence-electron chi connectivity index (χ0n) is 10.6. The second-order valence-electron chi connectivity index (χ2n) is 5.26. The fourth-order valence-corrected chi connectivity index (χ4v) is 4.27. The summed E-state index contributed by atoms with van der Waals surface area (Å²) in [7, 11) is 2.05. The zero-order chi connectivity index (χ0) is 11.9. The molecular weight excluding hydrogens is 232 g/mol. The molecule has 1 fully saturated rings. The van der Waals surface area contributed by atoms with E-state index in [9.17, 15) is 0 Å². The van der Waals surface area contributed by atoms with Gasteiger partial charge in [-0.2, -0.15) is 0 Å². The Bertz CT molecular complexity index is 390. The Kier molecular flexibility index (Phi) is 2.97. The molecule has 0 amide bonds. The molecule has 0 aromatic carbocycles. The fourth-order valence-electron chi connectivity index (χ4n) is 2.89. The molecule has 0 spiro atoms. The third-order valence-electron chi connectivity index (χ3n) is 4.31. The van der Waals surface area contributed by atoms with Crippen LogP contribution in [0.5, 0.6) is 0 Å². The van der Waals surface area contributed by atoms with E-state index in [0.717, 1.165) is 19.6 Å².